The van der Waals surface area contributed by atoms with Crippen molar-refractivity contribution in [2.75, 3.05) is 23.7 Å². The summed E-state index contributed by atoms with van der Waals surface area (Å²) in [7, 11) is 0. The number of rotatable bonds is 4. The molecule has 0 radical (unpaired) electrons. The molecule has 0 saturated carbocycles. The van der Waals surface area contributed by atoms with Crippen molar-refractivity contribution < 1.29 is 4.92 Å². The Bertz CT molecular complexity index is 532. The molecule has 116 valence electrons. The lowest BCUT2D eigenvalue weighted by molar-refractivity contribution is -0.385. The molecular weight excluding hydrogens is 270 g/mol. The van der Waals surface area contributed by atoms with Gasteiger partial charge < -0.3 is 10.6 Å². The first-order chi connectivity index (χ1) is 9.92. The number of nitro groups is 1. The van der Waals surface area contributed by atoms with Gasteiger partial charge in [-0.05, 0) is 25.2 Å². The van der Waals surface area contributed by atoms with Crippen LogP contribution in [0.15, 0.2) is 0 Å². The normalized spacial score (nSPS) is 17.8. The maximum absolute atomic E-state index is 11.3. The van der Waals surface area contributed by atoms with E-state index >= 15 is 0 Å². The lowest BCUT2D eigenvalue weighted by atomic mass is 9.74. The SMILES string of the molecule is CCC1(CC)CCN(c2nc(N)nc(C)c2[N+](=O)[O-])CC1. The zero-order valence-electron chi connectivity index (χ0n) is 12.9. The number of aryl methyl sites for hydroxylation is 1. The van der Waals surface area contributed by atoms with Crippen LogP contribution in [0.1, 0.15) is 45.2 Å². The van der Waals surface area contributed by atoms with E-state index in [1.807, 2.05) is 4.90 Å². The Kier molecular flexibility index (Phi) is 4.29. The Hall–Kier alpha value is -1.92. The summed E-state index contributed by atoms with van der Waals surface area (Å²) < 4.78 is 0. The number of hydrogen-bond donors (Lipinski definition) is 1. The average Bonchev–Trinajstić information content (AvgIpc) is 2.46. The first kappa shape index (κ1) is 15.5. The molecule has 7 heteroatoms. The molecule has 2 N–H and O–H groups in total. The molecule has 0 aliphatic carbocycles. The third-order valence-corrected chi connectivity index (χ3v) is 4.86. The van der Waals surface area contributed by atoms with Crippen LogP contribution in [0.2, 0.25) is 0 Å². The molecule has 0 unspecified atom stereocenters. The van der Waals surface area contributed by atoms with Crippen molar-refractivity contribution in [1.82, 2.24) is 9.97 Å². The molecule has 0 bridgehead atoms. The summed E-state index contributed by atoms with van der Waals surface area (Å²) in [6, 6.07) is 0. The number of nitrogens with two attached hydrogens (primary N) is 1. The van der Waals surface area contributed by atoms with Crippen LogP contribution in [0, 0.1) is 22.5 Å². The van der Waals surface area contributed by atoms with Gasteiger partial charge in [0.2, 0.25) is 11.8 Å². The third-order valence-electron chi connectivity index (χ3n) is 4.86. The first-order valence-electron chi connectivity index (χ1n) is 7.46. The topological polar surface area (TPSA) is 98.2 Å². The van der Waals surface area contributed by atoms with E-state index in [-0.39, 0.29) is 11.6 Å². The molecule has 2 rings (SSSR count). The van der Waals surface area contributed by atoms with Gasteiger partial charge in [0.15, 0.2) is 0 Å². The van der Waals surface area contributed by atoms with Crippen molar-refractivity contribution >= 4 is 17.5 Å². The molecule has 1 aliphatic rings. The maximum atomic E-state index is 11.3. The summed E-state index contributed by atoms with van der Waals surface area (Å²) in [5.41, 5.74) is 6.33. The molecule has 1 aromatic rings. The van der Waals surface area contributed by atoms with Gasteiger partial charge in [-0.25, -0.2) is 4.98 Å². The average molecular weight is 293 g/mol. The van der Waals surface area contributed by atoms with Gasteiger partial charge in [0.05, 0.1) is 4.92 Å². The summed E-state index contributed by atoms with van der Waals surface area (Å²) in [4.78, 5) is 20.9. The predicted molar refractivity (Wildman–Crippen MR) is 82.3 cm³/mol. The molecular formula is C14H23N5O2. The Morgan fingerprint density at radius 3 is 2.33 bits per heavy atom. The van der Waals surface area contributed by atoms with Crippen LogP contribution in [0.25, 0.3) is 0 Å². The van der Waals surface area contributed by atoms with Crippen LogP contribution in [0.4, 0.5) is 17.5 Å². The van der Waals surface area contributed by atoms with Gasteiger partial charge in [-0.1, -0.05) is 26.7 Å². The smallest absolute Gasteiger partial charge is 0.332 e. The monoisotopic (exact) mass is 293 g/mol. The summed E-state index contributed by atoms with van der Waals surface area (Å²) in [5, 5.41) is 11.3. The minimum Gasteiger partial charge on any atom is -0.368 e. The summed E-state index contributed by atoms with van der Waals surface area (Å²) in [5.74, 6) is 0.460. The van der Waals surface area contributed by atoms with E-state index in [1.165, 1.54) is 0 Å². The van der Waals surface area contributed by atoms with Gasteiger partial charge in [-0.15, -0.1) is 0 Å². The predicted octanol–water partition coefficient (Wildman–Crippen LogP) is 2.68. The van der Waals surface area contributed by atoms with Crippen molar-refractivity contribution in [1.29, 1.82) is 0 Å². The number of anilines is 2. The molecule has 2 heterocycles. The van der Waals surface area contributed by atoms with Crippen LogP contribution < -0.4 is 10.6 Å². The van der Waals surface area contributed by atoms with E-state index in [0.29, 0.717) is 16.9 Å². The second-order valence-corrected chi connectivity index (χ2v) is 5.79. The Balaban J connectivity index is 2.30. The van der Waals surface area contributed by atoms with E-state index in [4.69, 9.17) is 5.73 Å². The summed E-state index contributed by atoms with van der Waals surface area (Å²) in [6.07, 6.45) is 4.34. The molecule has 21 heavy (non-hydrogen) atoms. The lowest BCUT2D eigenvalue weighted by Gasteiger charge is -2.41. The van der Waals surface area contributed by atoms with Gasteiger partial charge >= 0.3 is 5.69 Å². The van der Waals surface area contributed by atoms with Crippen molar-refractivity contribution in [3.05, 3.63) is 15.8 Å². The van der Waals surface area contributed by atoms with Crippen LogP contribution in [0.3, 0.4) is 0 Å². The Morgan fingerprint density at radius 2 is 1.86 bits per heavy atom. The molecule has 1 saturated heterocycles. The molecule has 1 fully saturated rings. The summed E-state index contributed by atoms with van der Waals surface area (Å²) >= 11 is 0. The van der Waals surface area contributed by atoms with Gasteiger partial charge in [-0.2, -0.15) is 4.98 Å². The zero-order chi connectivity index (χ0) is 15.6. The third kappa shape index (κ3) is 2.91. The van der Waals surface area contributed by atoms with Crippen molar-refractivity contribution in [3.63, 3.8) is 0 Å². The number of hydrogen-bond acceptors (Lipinski definition) is 6. The maximum Gasteiger partial charge on any atom is 0.332 e. The largest absolute Gasteiger partial charge is 0.368 e. The number of piperidine rings is 1. The van der Waals surface area contributed by atoms with E-state index in [1.54, 1.807) is 6.92 Å². The van der Waals surface area contributed by atoms with E-state index in [0.717, 1.165) is 38.8 Å². The van der Waals surface area contributed by atoms with Crippen LogP contribution in [-0.2, 0) is 0 Å². The van der Waals surface area contributed by atoms with Crippen LogP contribution in [0.5, 0.6) is 0 Å². The molecule has 0 atom stereocenters. The molecule has 0 amide bonds. The molecule has 0 spiro atoms. The van der Waals surface area contributed by atoms with Gasteiger partial charge in [0.1, 0.15) is 5.69 Å². The highest BCUT2D eigenvalue weighted by atomic mass is 16.6. The lowest BCUT2D eigenvalue weighted by Crippen LogP contribution is -2.40. The van der Waals surface area contributed by atoms with Gasteiger partial charge in [0, 0.05) is 13.1 Å². The van der Waals surface area contributed by atoms with Crippen molar-refractivity contribution in [3.8, 4) is 0 Å². The first-order valence-corrected chi connectivity index (χ1v) is 7.46. The van der Waals surface area contributed by atoms with Crippen molar-refractivity contribution in [2.24, 2.45) is 5.41 Å². The van der Waals surface area contributed by atoms with Gasteiger partial charge in [-0.3, -0.25) is 10.1 Å². The number of nitrogen functional groups attached to an aromatic ring is 1. The van der Waals surface area contributed by atoms with Gasteiger partial charge in [0.25, 0.3) is 0 Å². The highest BCUT2D eigenvalue weighted by Crippen LogP contribution is 2.40. The highest BCUT2D eigenvalue weighted by molar-refractivity contribution is 5.62. The molecule has 1 aromatic heterocycles. The summed E-state index contributed by atoms with van der Waals surface area (Å²) in [6.45, 7) is 7.59. The van der Waals surface area contributed by atoms with Crippen molar-refractivity contribution in [2.45, 2.75) is 46.5 Å². The Morgan fingerprint density at radius 1 is 1.29 bits per heavy atom. The van der Waals surface area contributed by atoms with Crippen LogP contribution >= 0.6 is 0 Å². The highest BCUT2D eigenvalue weighted by Gasteiger charge is 2.34. The quantitative estimate of drug-likeness (QED) is 0.677. The standard InChI is InChI=1S/C14H23N5O2/c1-4-14(5-2)6-8-18(9-7-14)12-11(19(20)21)10(3)16-13(15)17-12/h4-9H2,1-3H3,(H2,15,16,17). The van der Waals surface area contributed by atoms with E-state index in [9.17, 15) is 10.1 Å². The molecule has 1 aliphatic heterocycles. The number of nitrogens with zero attached hydrogens (tertiary/aromatic N) is 4. The fourth-order valence-corrected chi connectivity index (χ4v) is 3.16. The fourth-order valence-electron chi connectivity index (χ4n) is 3.16. The second-order valence-electron chi connectivity index (χ2n) is 5.79. The second kappa shape index (κ2) is 5.83. The fraction of sp³-hybridized carbons (Fsp3) is 0.714. The molecule has 7 nitrogen and oxygen atoms in total. The van der Waals surface area contributed by atoms with E-state index < -0.39 is 4.92 Å². The minimum atomic E-state index is -0.411. The zero-order valence-corrected chi connectivity index (χ0v) is 12.9. The number of aromatic nitrogens is 2. The molecule has 0 aromatic carbocycles. The minimum absolute atomic E-state index is 0.0234. The Labute approximate surface area is 124 Å². The van der Waals surface area contributed by atoms with Crippen LogP contribution in [-0.4, -0.2) is 28.0 Å². The van der Waals surface area contributed by atoms with E-state index in [2.05, 4.69) is 23.8 Å².